The van der Waals surface area contributed by atoms with E-state index in [1.165, 1.54) is 18.4 Å². The highest BCUT2D eigenvalue weighted by molar-refractivity contribution is 6.30. The molecular weight excluding hydrogens is 256 g/mol. The maximum absolute atomic E-state index is 5.93. The second kappa shape index (κ2) is 8.57. The molecule has 1 aromatic carbocycles. The molecule has 0 saturated heterocycles. The topological polar surface area (TPSA) is 15.3 Å². The van der Waals surface area contributed by atoms with Crippen LogP contribution in [-0.4, -0.2) is 31.1 Å². The molecule has 108 valence electrons. The SMILES string of the molecule is CCCNCCC(C)N(C)C(C)c1ccc(Cl)cc1. The summed E-state index contributed by atoms with van der Waals surface area (Å²) in [5.74, 6) is 0. The van der Waals surface area contributed by atoms with Gasteiger partial charge in [0.25, 0.3) is 0 Å². The summed E-state index contributed by atoms with van der Waals surface area (Å²) in [5.41, 5.74) is 1.32. The molecule has 0 aliphatic heterocycles. The summed E-state index contributed by atoms with van der Waals surface area (Å²) in [6.07, 6.45) is 2.37. The number of halogens is 1. The molecule has 1 N–H and O–H groups in total. The summed E-state index contributed by atoms with van der Waals surface area (Å²) in [4.78, 5) is 2.43. The van der Waals surface area contributed by atoms with Crippen LogP contribution in [0.15, 0.2) is 24.3 Å². The molecule has 0 radical (unpaired) electrons. The maximum atomic E-state index is 5.93. The molecule has 0 aliphatic rings. The Morgan fingerprint density at radius 1 is 1.16 bits per heavy atom. The van der Waals surface area contributed by atoms with E-state index >= 15 is 0 Å². The zero-order chi connectivity index (χ0) is 14.3. The van der Waals surface area contributed by atoms with E-state index in [1.54, 1.807) is 0 Å². The van der Waals surface area contributed by atoms with Crippen LogP contribution in [0, 0.1) is 0 Å². The van der Waals surface area contributed by atoms with Crippen LogP contribution in [0.3, 0.4) is 0 Å². The number of nitrogens with one attached hydrogen (secondary N) is 1. The summed E-state index contributed by atoms with van der Waals surface area (Å²) in [7, 11) is 2.20. The summed E-state index contributed by atoms with van der Waals surface area (Å²) in [6, 6.07) is 9.15. The van der Waals surface area contributed by atoms with Crippen LogP contribution < -0.4 is 5.32 Å². The summed E-state index contributed by atoms with van der Waals surface area (Å²) in [5, 5.41) is 4.26. The summed E-state index contributed by atoms with van der Waals surface area (Å²) < 4.78 is 0. The number of hydrogen-bond acceptors (Lipinski definition) is 2. The lowest BCUT2D eigenvalue weighted by Gasteiger charge is -2.31. The zero-order valence-electron chi connectivity index (χ0n) is 12.6. The van der Waals surface area contributed by atoms with Crippen molar-refractivity contribution in [2.75, 3.05) is 20.1 Å². The van der Waals surface area contributed by atoms with E-state index in [1.807, 2.05) is 12.1 Å². The van der Waals surface area contributed by atoms with Crippen molar-refractivity contribution in [1.82, 2.24) is 10.2 Å². The van der Waals surface area contributed by atoms with Crippen LogP contribution in [0.5, 0.6) is 0 Å². The van der Waals surface area contributed by atoms with Crippen molar-refractivity contribution in [2.45, 2.75) is 45.7 Å². The van der Waals surface area contributed by atoms with Gasteiger partial charge >= 0.3 is 0 Å². The molecular formula is C16H27ClN2. The normalized spacial score (nSPS) is 14.6. The molecule has 0 amide bonds. The second-order valence-corrected chi connectivity index (χ2v) is 5.72. The number of nitrogens with zero attached hydrogens (tertiary/aromatic N) is 1. The number of rotatable bonds is 8. The molecule has 1 aromatic rings. The smallest absolute Gasteiger partial charge is 0.0406 e. The Hall–Kier alpha value is -0.570. The molecule has 2 nitrogen and oxygen atoms in total. The van der Waals surface area contributed by atoms with Crippen LogP contribution in [0.2, 0.25) is 5.02 Å². The first-order valence-electron chi connectivity index (χ1n) is 7.24. The van der Waals surface area contributed by atoms with Crippen LogP contribution >= 0.6 is 11.6 Å². The fraction of sp³-hybridized carbons (Fsp3) is 0.625. The van der Waals surface area contributed by atoms with Crippen LogP contribution in [0.4, 0.5) is 0 Å². The molecule has 0 fully saturated rings. The second-order valence-electron chi connectivity index (χ2n) is 5.28. The molecule has 0 aliphatic carbocycles. The van der Waals surface area contributed by atoms with E-state index in [-0.39, 0.29) is 0 Å². The predicted octanol–water partition coefficient (Wildman–Crippen LogP) is 4.11. The highest BCUT2D eigenvalue weighted by Gasteiger charge is 2.16. The minimum atomic E-state index is 0.415. The average molecular weight is 283 g/mol. The van der Waals surface area contributed by atoms with Crippen LogP contribution in [-0.2, 0) is 0 Å². The maximum Gasteiger partial charge on any atom is 0.0406 e. The molecule has 0 heterocycles. The number of benzene rings is 1. The Labute approximate surface area is 123 Å². The molecule has 2 unspecified atom stereocenters. The molecule has 0 saturated carbocycles. The van der Waals surface area contributed by atoms with E-state index in [4.69, 9.17) is 11.6 Å². The minimum absolute atomic E-state index is 0.415. The Kier molecular flexibility index (Phi) is 7.44. The highest BCUT2D eigenvalue weighted by atomic mass is 35.5. The lowest BCUT2D eigenvalue weighted by atomic mass is 10.0. The molecule has 2 atom stereocenters. The first kappa shape index (κ1) is 16.5. The molecule has 0 bridgehead atoms. The van der Waals surface area contributed by atoms with Crippen molar-refractivity contribution in [1.29, 1.82) is 0 Å². The minimum Gasteiger partial charge on any atom is -0.317 e. The Morgan fingerprint density at radius 2 is 1.79 bits per heavy atom. The monoisotopic (exact) mass is 282 g/mol. The third-order valence-corrected chi connectivity index (χ3v) is 4.08. The van der Waals surface area contributed by atoms with Crippen LogP contribution in [0.1, 0.15) is 45.2 Å². The lowest BCUT2D eigenvalue weighted by Crippen LogP contribution is -2.34. The predicted molar refractivity (Wildman–Crippen MR) is 84.9 cm³/mol. The van der Waals surface area contributed by atoms with Gasteiger partial charge in [-0.15, -0.1) is 0 Å². The van der Waals surface area contributed by atoms with E-state index in [0.29, 0.717) is 12.1 Å². The largest absolute Gasteiger partial charge is 0.317 e. The van der Waals surface area contributed by atoms with Crippen molar-refractivity contribution in [3.8, 4) is 0 Å². The van der Waals surface area contributed by atoms with Crippen molar-refractivity contribution in [3.63, 3.8) is 0 Å². The van der Waals surface area contributed by atoms with Crippen molar-refractivity contribution in [3.05, 3.63) is 34.9 Å². The van der Waals surface area contributed by atoms with E-state index < -0.39 is 0 Å². The third kappa shape index (κ3) is 5.52. The standard InChI is InChI=1S/C16H27ClN2/c1-5-11-18-12-10-13(2)19(4)14(3)15-6-8-16(17)9-7-15/h6-9,13-14,18H,5,10-12H2,1-4H3. The highest BCUT2D eigenvalue weighted by Crippen LogP contribution is 2.23. The molecule has 0 spiro atoms. The quantitative estimate of drug-likeness (QED) is 0.722. The van der Waals surface area contributed by atoms with Gasteiger partial charge in [0.1, 0.15) is 0 Å². The molecule has 3 heteroatoms. The molecule has 19 heavy (non-hydrogen) atoms. The van der Waals surface area contributed by atoms with Gasteiger partial charge < -0.3 is 5.32 Å². The molecule has 0 aromatic heterocycles. The first-order valence-corrected chi connectivity index (χ1v) is 7.62. The third-order valence-electron chi connectivity index (χ3n) is 3.82. The van der Waals surface area contributed by atoms with E-state index in [9.17, 15) is 0 Å². The average Bonchev–Trinajstić information content (AvgIpc) is 2.42. The van der Waals surface area contributed by atoms with Gasteiger partial charge in [-0.3, -0.25) is 4.90 Å². The van der Waals surface area contributed by atoms with Gasteiger partial charge in [-0.05, 0) is 64.5 Å². The zero-order valence-corrected chi connectivity index (χ0v) is 13.4. The van der Waals surface area contributed by atoms with Gasteiger partial charge in [0.2, 0.25) is 0 Å². The lowest BCUT2D eigenvalue weighted by molar-refractivity contribution is 0.188. The first-order chi connectivity index (χ1) is 9.06. The van der Waals surface area contributed by atoms with E-state index in [0.717, 1.165) is 18.1 Å². The summed E-state index contributed by atoms with van der Waals surface area (Å²) in [6.45, 7) is 8.94. The van der Waals surface area contributed by atoms with Gasteiger partial charge in [0.05, 0.1) is 0 Å². The van der Waals surface area contributed by atoms with Gasteiger partial charge in [0.15, 0.2) is 0 Å². The molecule has 1 rings (SSSR count). The number of hydrogen-bond donors (Lipinski definition) is 1. The fourth-order valence-electron chi connectivity index (χ4n) is 2.17. The summed E-state index contributed by atoms with van der Waals surface area (Å²) >= 11 is 5.93. The van der Waals surface area contributed by atoms with Crippen molar-refractivity contribution >= 4 is 11.6 Å². The van der Waals surface area contributed by atoms with Crippen LogP contribution in [0.25, 0.3) is 0 Å². The Morgan fingerprint density at radius 3 is 2.37 bits per heavy atom. The van der Waals surface area contributed by atoms with Gasteiger partial charge in [-0.1, -0.05) is 30.7 Å². The fourth-order valence-corrected chi connectivity index (χ4v) is 2.30. The van der Waals surface area contributed by atoms with Crippen molar-refractivity contribution < 1.29 is 0 Å². The van der Waals surface area contributed by atoms with Gasteiger partial charge in [-0.25, -0.2) is 0 Å². The Balaban J connectivity index is 2.46. The Bertz CT molecular complexity index is 350. The van der Waals surface area contributed by atoms with Gasteiger partial charge in [-0.2, -0.15) is 0 Å². The van der Waals surface area contributed by atoms with Crippen molar-refractivity contribution in [2.24, 2.45) is 0 Å². The van der Waals surface area contributed by atoms with Gasteiger partial charge in [0, 0.05) is 17.1 Å². The van der Waals surface area contributed by atoms with E-state index in [2.05, 4.69) is 50.2 Å².